The first kappa shape index (κ1) is 17.7. The fraction of sp³-hybridized carbons (Fsp3) is 0.333. The smallest absolute Gasteiger partial charge is 0.268 e. The highest BCUT2D eigenvalue weighted by molar-refractivity contribution is 5.92. The first-order valence-electron chi connectivity index (χ1n) is 7.73. The molecule has 1 aromatic carbocycles. The maximum atomic E-state index is 12.9. The van der Waals surface area contributed by atoms with E-state index in [1.54, 1.807) is 23.7 Å². The molecule has 1 heterocycles. The molecule has 0 fully saturated rings. The molecule has 6 heteroatoms. The molecular formula is C18H21FN2O3. The van der Waals surface area contributed by atoms with Crippen LogP contribution in [0.3, 0.4) is 0 Å². The molecule has 0 radical (unpaired) electrons. The molecule has 24 heavy (non-hydrogen) atoms. The van der Waals surface area contributed by atoms with Gasteiger partial charge in [0, 0.05) is 19.7 Å². The second-order valence-corrected chi connectivity index (χ2v) is 6.02. The summed E-state index contributed by atoms with van der Waals surface area (Å²) in [5.74, 6) is -0.161. The fourth-order valence-electron chi connectivity index (χ4n) is 2.07. The van der Waals surface area contributed by atoms with Gasteiger partial charge in [-0.05, 0) is 23.6 Å². The molecule has 1 aromatic heterocycles. The molecular weight excluding hydrogens is 311 g/mol. The van der Waals surface area contributed by atoms with Crippen LogP contribution < -0.4 is 15.5 Å². The van der Waals surface area contributed by atoms with Gasteiger partial charge in [-0.1, -0.05) is 26.0 Å². The summed E-state index contributed by atoms with van der Waals surface area (Å²) >= 11 is 0. The van der Waals surface area contributed by atoms with Crippen LogP contribution in [-0.4, -0.2) is 17.0 Å². The van der Waals surface area contributed by atoms with Crippen LogP contribution in [0.1, 0.15) is 29.9 Å². The number of rotatable bonds is 6. The average Bonchev–Trinajstić information content (AvgIpc) is 2.54. The van der Waals surface area contributed by atoms with E-state index in [9.17, 15) is 14.0 Å². The van der Waals surface area contributed by atoms with E-state index >= 15 is 0 Å². The summed E-state index contributed by atoms with van der Waals surface area (Å²) in [4.78, 5) is 24.2. The zero-order chi connectivity index (χ0) is 17.7. The summed E-state index contributed by atoms with van der Waals surface area (Å²) in [7, 11) is 1.68. The molecule has 2 rings (SSSR count). The van der Waals surface area contributed by atoms with Gasteiger partial charge in [-0.2, -0.15) is 0 Å². The van der Waals surface area contributed by atoms with Crippen molar-refractivity contribution in [1.29, 1.82) is 0 Å². The Kier molecular flexibility index (Phi) is 5.73. The van der Waals surface area contributed by atoms with Crippen molar-refractivity contribution in [1.82, 2.24) is 9.88 Å². The van der Waals surface area contributed by atoms with Gasteiger partial charge in [-0.15, -0.1) is 0 Å². The van der Waals surface area contributed by atoms with Crippen molar-refractivity contribution >= 4 is 5.91 Å². The molecule has 0 aliphatic carbocycles. The number of pyridine rings is 1. The Balaban J connectivity index is 2.10. The van der Waals surface area contributed by atoms with Crippen LogP contribution in [0.25, 0.3) is 0 Å². The number of amides is 1. The lowest BCUT2D eigenvalue weighted by Gasteiger charge is -2.13. The van der Waals surface area contributed by atoms with E-state index < -0.39 is 0 Å². The minimum Gasteiger partial charge on any atom is -0.483 e. The van der Waals surface area contributed by atoms with Crippen molar-refractivity contribution in [3.8, 4) is 5.75 Å². The summed E-state index contributed by atoms with van der Waals surface area (Å²) in [6.07, 6.45) is 1.48. The van der Waals surface area contributed by atoms with Gasteiger partial charge in [0.15, 0.2) is 5.75 Å². The monoisotopic (exact) mass is 332 g/mol. The lowest BCUT2D eigenvalue weighted by atomic mass is 10.2. The van der Waals surface area contributed by atoms with Gasteiger partial charge < -0.3 is 14.6 Å². The van der Waals surface area contributed by atoms with Gasteiger partial charge in [0.05, 0.1) is 6.20 Å². The number of aromatic nitrogens is 1. The third-order valence-corrected chi connectivity index (χ3v) is 3.41. The highest BCUT2D eigenvalue weighted by Gasteiger charge is 2.13. The summed E-state index contributed by atoms with van der Waals surface area (Å²) in [5, 5.41) is 2.77. The molecule has 0 atom stereocenters. The van der Waals surface area contributed by atoms with Crippen molar-refractivity contribution in [2.75, 3.05) is 6.54 Å². The summed E-state index contributed by atoms with van der Waals surface area (Å²) in [6.45, 7) is 4.67. The molecule has 1 amide bonds. The minimum absolute atomic E-state index is 0.141. The van der Waals surface area contributed by atoms with E-state index in [1.165, 1.54) is 24.4 Å². The Morgan fingerprint density at radius 1 is 1.29 bits per heavy atom. The Morgan fingerprint density at radius 3 is 2.58 bits per heavy atom. The van der Waals surface area contributed by atoms with Gasteiger partial charge in [0.25, 0.3) is 5.91 Å². The van der Waals surface area contributed by atoms with Crippen molar-refractivity contribution in [2.24, 2.45) is 13.0 Å². The Bertz CT molecular complexity index is 767. The number of ether oxygens (including phenoxy) is 1. The number of carbonyl (C=O) groups excluding carboxylic acids is 1. The highest BCUT2D eigenvalue weighted by Crippen LogP contribution is 2.10. The maximum Gasteiger partial charge on any atom is 0.268 e. The molecule has 0 aliphatic heterocycles. The van der Waals surface area contributed by atoms with Gasteiger partial charge in [-0.3, -0.25) is 9.59 Å². The molecule has 1 N–H and O–H groups in total. The molecule has 0 saturated carbocycles. The standard InChI is InChI=1S/C18H21FN2O3/c1-12(2)9-20-18(23)15-8-16(22)17(10-21(15)3)24-11-13-4-6-14(19)7-5-13/h4-8,10,12H,9,11H2,1-3H3,(H,20,23). The van der Waals surface area contributed by atoms with Crippen molar-refractivity contribution in [3.05, 3.63) is 63.8 Å². The molecule has 0 saturated heterocycles. The highest BCUT2D eigenvalue weighted by atomic mass is 19.1. The van der Waals surface area contributed by atoms with E-state index in [0.717, 1.165) is 5.56 Å². The number of benzene rings is 1. The average molecular weight is 332 g/mol. The number of aryl methyl sites for hydroxylation is 1. The molecule has 0 aliphatic rings. The van der Waals surface area contributed by atoms with Crippen LogP contribution in [0.5, 0.6) is 5.75 Å². The normalized spacial score (nSPS) is 10.7. The van der Waals surface area contributed by atoms with E-state index in [-0.39, 0.29) is 35.2 Å². The summed E-state index contributed by atoms with van der Waals surface area (Å²) < 4.78 is 19.9. The number of hydrogen-bond acceptors (Lipinski definition) is 3. The van der Waals surface area contributed by atoms with Crippen molar-refractivity contribution < 1.29 is 13.9 Å². The first-order valence-corrected chi connectivity index (χ1v) is 7.73. The molecule has 128 valence electrons. The van der Waals surface area contributed by atoms with E-state index in [0.29, 0.717) is 12.5 Å². The fourth-order valence-corrected chi connectivity index (χ4v) is 2.07. The van der Waals surface area contributed by atoms with E-state index in [4.69, 9.17) is 4.74 Å². The van der Waals surface area contributed by atoms with Crippen LogP contribution >= 0.6 is 0 Å². The molecule has 0 spiro atoms. The van der Waals surface area contributed by atoms with Crippen molar-refractivity contribution in [3.63, 3.8) is 0 Å². The van der Waals surface area contributed by atoms with E-state index in [1.807, 2.05) is 13.8 Å². The Labute approximate surface area is 140 Å². The van der Waals surface area contributed by atoms with Crippen LogP contribution in [0, 0.1) is 11.7 Å². The second kappa shape index (κ2) is 7.77. The van der Waals surface area contributed by atoms with Crippen LogP contribution in [0.15, 0.2) is 41.3 Å². The SMILES string of the molecule is CC(C)CNC(=O)c1cc(=O)c(OCc2ccc(F)cc2)cn1C. The van der Waals surface area contributed by atoms with Gasteiger partial charge in [-0.25, -0.2) is 4.39 Å². The number of halogens is 1. The van der Waals surface area contributed by atoms with Gasteiger partial charge in [0.2, 0.25) is 5.43 Å². The van der Waals surface area contributed by atoms with Crippen molar-refractivity contribution in [2.45, 2.75) is 20.5 Å². The van der Waals surface area contributed by atoms with Gasteiger partial charge >= 0.3 is 0 Å². The number of hydrogen-bond donors (Lipinski definition) is 1. The predicted octanol–water partition coefficient (Wildman–Crippen LogP) is 2.49. The topological polar surface area (TPSA) is 60.3 Å². The number of nitrogens with one attached hydrogen (secondary N) is 1. The van der Waals surface area contributed by atoms with E-state index in [2.05, 4.69) is 5.32 Å². The minimum atomic E-state index is -0.370. The molecule has 0 bridgehead atoms. The molecule has 5 nitrogen and oxygen atoms in total. The third kappa shape index (κ3) is 4.68. The van der Waals surface area contributed by atoms with Crippen LogP contribution in [-0.2, 0) is 13.7 Å². The quantitative estimate of drug-likeness (QED) is 0.884. The van der Waals surface area contributed by atoms with Gasteiger partial charge in [0.1, 0.15) is 18.1 Å². The van der Waals surface area contributed by atoms with Crippen LogP contribution in [0.4, 0.5) is 4.39 Å². The third-order valence-electron chi connectivity index (χ3n) is 3.41. The summed E-state index contributed by atoms with van der Waals surface area (Å²) in [5.41, 5.74) is 0.650. The first-order chi connectivity index (χ1) is 11.4. The van der Waals surface area contributed by atoms with Crippen LogP contribution in [0.2, 0.25) is 0 Å². The Morgan fingerprint density at radius 2 is 1.96 bits per heavy atom. The number of nitrogens with zero attached hydrogens (tertiary/aromatic N) is 1. The lowest BCUT2D eigenvalue weighted by Crippen LogP contribution is -2.30. The second-order valence-electron chi connectivity index (χ2n) is 6.02. The zero-order valence-corrected chi connectivity index (χ0v) is 14.0. The largest absolute Gasteiger partial charge is 0.483 e. The molecule has 0 unspecified atom stereocenters. The molecule has 2 aromatic rings. The lowest BCUT2D eigenvalue weighted by molar-refractivity contribution is 0.0939. The summed E-state index contributed by atoms with van der Waals surface area (Å²) in [6, 6.07) is 7.11. The zero-order valence-electron chi connectivity index (χ0n) is 14.0. The maximum absolute atomic E-state index is 12.9. The number of carbonyl (C=O) groups is 1. The Hall–Kier alpha value is -2.63. The predicted molar refractivity (Wildman–Crippen MR) is 89.6 cm³/mol.